The van der Waals surface area contributed by atoms with Crippen LogP contribution >= 0.6 is 0 Å². The van der Waals surface area contributed by atoms with E-state index in [9.17, 15) is 14.0 Å². The van der Waals surface area contributed by atoms with Gasteiger partial charge in [0.25, 0.3) is 5.91 Å². The van der Waals surface area contributed by atoms with Gasteiger partial charge in [-0.1, -0.05) is 19.6 Å². The van der Waals surface area contributed by atoms with Crippen molar-refractivity contribution in [1.29, 1.82) is 0 Å². The first-order chi connectivity index (χ1) is 16.2. The van der Waals surface area contributed by atoms with Crippen LogP contribution in [0.3, 0.4) is 0 Å². The summed E-state index contributed by atoms with van der Waals surface area (Å²) in [5.41, 5.74) is 2.22. The number of carbonyl (C=O) groups excluding carboxylic acids is 2. The number of hydrogen-bond donors (Lipinski definition) is 0. The molecule has 0 atom stereocenters. The molecule has 6 nitrogen and oxygen atoms in total. The van der Waals surface area contributed by atoms with Gasteiger partial charge in [-0.15, -0.1) is 0 Å². The fraction of sp³-hybridized carbons (Fsp3) is 0.407. The molecular weight excluding hydrogens is 435 g/mol. The monoisotopic (exact) mass is 468 g/mol. The number of piperidine rings is 1. The Balaban J connectivity index is 1.94. The van der Waals surface area contributed by atoms with Crippen molar-refractivity contribution in [3.05, 3.63) is 59.7 Å². The predicted molar refractivity (Wildman–Crippen MR) is 133 cm³/mol. The Morgan fingerprint density at radius 3 is 2.47 bits per heavy atom. The Labute approximate surface area is 201 Å². The van der Waals surface area contributed by atoms with Gasteiger partial charge >= 0.3 is 5.97 Å². The van der Waals surface area contributed by atoms with E-state index in [0.717, 1.165) is 23.4 Å². The van der Waals surface area contributed by atoms with Gasteiger partial charge in [-0.3, -0.25) is 4.79 Å². The van der Waals surface area contributed by atoms with Crippen molar-refractivity contribution in [2.24, 2.45) is 0 Å². The van der Waals surface area contributed by atoms with Crippen LogP contribution in [0.1, 0.15) is 59.4 Å². The maximum Gasteiger partial charge on any atom is 0.341 e. The molecule has 1 aliphatic heterocycles. The van der Waals surface area contributed by atoms with Crippen LogP contribution in [0.4, 0.5) is 15.8 Å². The fourth-order valence-corrected chi connectivity index (χ4v) is 4.19. The van der Waals surface area contributed by atoms with Crippen molar-refractivity contribution in [2.75, 3.05) is 38.8 Å². The van der Waals surface area contributed by atoms with Crippen molar-refractivity contribution in [1.82, 2.24) is 4.90 Å². The molecule has 0 aliphatic carbocycles. The summed E-state index contributed by atoms with van der Waals surface area (Å²) >= 11 is 0. The maximum atomic E-state index is 14.2. The minimum atomic E-state index is -1.21. The number of carbonyl (C=O) groups is 2. The number of benzene rings is 2. The number of anilines is 2. The number of rotatable bonds is 8. The average Bonchev–Trinajstić information content (AvgIpc) is 2.85. The van der Waals surface area contributed by atoms with Gasteiger partial charge in [0.2, 0.25) is 0 Å². The first-order valence-electron chi connectivity index (χ1n) is 11.5. The molecule has 1 aliphatic rings. The minimum Gasteiger partial charge on any atom is -0.496 e. The third kappa shape index (κ3) is 5.41. The number of amides is 1. The van der Waals surface area contributed by atoms with Crippen LogP contribution in [-0.2, 0) is 4.74 Å². The first-order valence-corrected chi connectivity index (χ1v) is 11.5. The lowest BCUT2D eigenvalue weighted by Crippen LogP contribution is -2.43. The number of alkyl halides is 1. The van der Waals surface area contributed by atoms with Gasteiger partial charge in [-0.05, 0) is 62.1 Å². The molecule has 0 bridgehead atoms. The van der Waals surface area contributed by atoms with Gasteiger partial charge in [-0.25, -0.2) is 9.18 Å². The summed E-state index contributed by atoms with van der Waals surface area (Å²) in [7, 11) is 2.84. The molecule has 0 N–H and O–H groups in total. The van der Waals surface area contributed by atoms with Crippen LogP contribution in [0, 0.1) is 0 Å². The standard InChI is InChI=1S/C27H33FN2O4/c1-6-14-30(21-9-10-22(26(32)34-5)24(18-21)33-4)23-11-8-20(17-19(23)7-2)25(31)29-15-12-27(3,28)13-16-29/h7-11,17-18H,2,6,12-16H2,1,3-5H3. The Morgan fingerprint density at radius 2 is 1.88 bits per heavy atom. The van der Waals surface area contributed by atoms with E-state index in [-0.39, 0.29) is 5.91 Å². The summed E-state index contributed by atoms with van der Waals surface area (Å²) in [6, 6.07) is 10.9. The number of ether oxygens (including phenoxy) is 2. The van der Waals surface area contributed by atoms with E-state index in [1.54, 1.807) is 36.1 Å². The first kappa shape index (κ1) is 25.3. The van der Waals surface area contributed by atoms with Gasteiger partial charge in [0.1, 0.15) is 17.0 Å². The summed E-state index contributed by atoms with van der Waals surface area (Å²) in [4.78, 5) is 28.9. The maximum absolute atomic E-state index is 14.2. The van der Waals surface area contributed by atoms with Crippen molar-refractivity contribution in [3.8, 4) is 5.75 Å². The van der Waals surface area contributed by atoms with E-state index in [1.165, 1.54) is 14.2 Å². The highest BCUT2D eigenvalue weighted by molar-refractivity contribution is 5.96. The second-order valence-electron chi connectivity index (χ2n) is 8.71. The highest BCUT2D eigenvalue weighted by Gasteiger charge is 2.32. The largest absolute Gasteiger partial charge is 0.496 e. The van der Waals surface area contributed by atoms with Crippen LogP contribution in [0.2, 0.25) is 0 Å². The second-order valence-corrected chi connectivity index (χ2v) is 8.71. The summed E-state index contributed by atoms with van der Waals surface area (Å²) in [6.45, 7) is 9.14. The molecule has 1 amide bonds. The van der Waals surface area contributed by atoms with E-state index in [4.69, 9.17) is 9.47 Å². The highest BCUT2D eigenvalue weighted by Crippen LogP contribution is 2.35. The predicted octanol–water partition coefficient (Wildman–Crippen LogP) is 5.64. The number of hydrogen-bond acceptors (Lipinski definition) is 5. The zero-order valence-electron chi connectivity index (χ0n) is 20.4. The van der Waals surface area contributed by atoms with Crippen LogP contribution < -0.4 is 9.64 Å². The molecule has 1 fully saturated rings. The molecule has 1 saturated heterocycles. The Bertz CT molecular complexity index is 1060. The van der Waals surface area contributed by atoms with Crippen molar-refractivity contribution in [3.63, 3.8) is 0 Å². The Kier molecular flexibility index (Phi) is 7.97. The lowest BCUT2D eigenvalue weighted by atomic mass is 9.95. The van der Waals surface area contributed by atoms with E-state index < -0.39 is 11.6 Å². The zero-order valence-corrected chi connectivity index (χ0v) is 20.4. The number of nitrogens with zero attached hydrogens (tertiary/aromatic N) is 2. The molecule has 0 spiro atoms. The summed E-state index contributed by atoms with van der Waals surface area (Å²) in [5.74, 6) is -0.149. The topological polar surface area (TPSA) is 59.1 Å². The van der Waals surface area contributed by atoms with Gasteiger partial charge in [-0.2, -0.15) is 0 Å². The number of esters is 1. The lowest BCUT2D eigenvalue weighted by Gasteiger charge is -2.34. The molecule has 182 valence electrons. The molecule has 2 aromatic carbocycles. The molecule has 1 heterocycles. The van der Waals surface area contributed by atoms with Crippen LogP contribution in [0.5, 0.6) is 5.75 Å². The van der Waals surface area contributed by atoms with Gasteiger partial charge in [0, 0.05) is 42.6 Å². The Hall–Kier alpha value is -3.35. The van der Waals surface area contributed by atoms with Gasteiger partial charge < -0.3 is 19.3 Å². The molecule has 0 aromatic heterocycles. The molecule has 3 rings (SSSR count). The van der Waals surface area contributed by atoms with Gasteiger partial charge in [0.15, 0.2) is 0 Å². The second kappa shape index (κ2) is 10.7. The van der Waals surface area contributed by atoms with E-state index in [2.05, 4.69) is 18.4 Å². The fourth-order valence-electron chi connectivity index (χ4n) is 4.19. The number of halogens is 1. The molecule has 7 heteroatoms. The minimum absolute atomic E-state index is 0.101. The smallest absolute Gasteiger partial charge is 0.341 e. The molecule has 0 saturated carbocycles. The SMILES string of the molecule is C=Cc1cc(C(=O)N2CCC(C)(F)CC2)ccc1N(CCC)c1ccc(C(=O)OC)c(OC)c1. The number of likely N-dealkylation sites (tertiary alicyclic amines) is 1. The van der Waals surface area contributed by atoms with Crippen molar-refractivity contribution >= 4 is 29.3 Å². The lowest BCUT2D eigenvalue weighted by molar-refractivity contribution is 0.0503. The van der Waals surface area contributed by atoms with E-state index in [0.29, 0.717) is 49.4 Å². The molecule has 0 unspecified atom stereocenters. The quantitative estimate of drug-likeness (QED) is 0.470. The molecular formula is C27H33FN2O4. The van der Waals surface area contributed by atoms with Crippen LogP contribution in [0.15, 0.2) is 43.0 Å². The van der Waals surface area contributed by atoms with Crippen molar-refractivity contribution in [2.45, 2.75) is 38.8 Å². The zero-order chi connectivity index (χ0) is 24.9. The van der Waals surface area contributed by atoms with Crippen LogP contribution in [-0.4, -0.2) is 56.3 Å². The van der Waals surface area contributed by atoms with E-state index in [1.807, 2.05) is 18.2 Å². The summed E-state index contributed by atoms with van der Waals surface area (Å²) in [6.07, 6.45) is 3.29. The third-order valence-electron chi connectivity index (χ3n) is 6.23. The normalized spacial score (nSPS) is 14.9. The average molecular weight is 469 g/mol. The molecule has 0 radical (unpaired) electrons. The molecule has 2 aromatic rings. The third-order valence-corrected chi connectivity index (χ3v) is 6.23. The Morgan fingerprint density at radius 1 is 1.18 bits per heavy atom. The van der Waals surface area contributed by atoms with Crippen LogP contribution in [0.25, 0.3) is 6.08 Å². The summed E-state index contributed by atoms with van der Waals surface area (Å²) in [5, 5.41) is 0. The summed E-state index contributed by atoms with van der Waals surface area (Å²) < 4.78 is 24.4. The molecule has 34 heavy (non-hydrogen) atoms. The van der Waals surface area contributed by atoms with Crippen molar-refractivity contribution < 1.29 is 23.5 Å². The van der Waals surface area contributed by atoms with E-state index >= 15 is 0 Å². The number of methoxy groups -OCH3 is 2. The highest BCUT2D eigenvalue weighted by atomic mass is 19.1. The van der Waals surface area contributed by atoms with Gasteiger partial charge in [0.05, 0.1) is 14.2 Å².